The Morgan fingerprint density at radius 1 is 1.69 bits per heavy atom. The minimum atomic E-state index is -0.379. The summed E-state index contributed by atoms with van der Waals surface area (Å²) in [4.78, 5) is 27.7. The summed E-state index contributed by atoms with van der Waals surface area (Å²) < 4.78 is 4.70. The molecule has 1 amide bonds. The maximum absolute atomic E-state index is 10.9. The molecule has 1 aromatic rings. The van der Waals surface area contributed by atoms with E-state index in [9.17, 15) is 9.59 Å². The van der Waals surface area contributed by atoms with Crippen LogP contribution in [0, 0.1) is 0 Å². The number of carbonyl (C=O) groups excluding carboxylic acids is 1. The molecule has 6 nitrogen and oxygen atoms in total. The highest BCUT2D eigenvalue weighted by molar-refractivity contribution is 5.87. The average Bonchev–Trinajstić information content (AvgIpc) is 2.01. The summed E-state index contributed by atoms with van der Waals surface area (Å²) in [5, 5.41) is 2.37. The van der Waals surface area contributed by atoms with E-state index in [0.717, 1.165) is 0 Å². The molecular weight excluding hydrogens is 174 g/mol. The van der Waals surface area contributed by atoms with Crippen molar-refractivity contribution in [3.05, 3.63) is 16.4 Å². The second-order valence-electron chi connectivity index (χ2n) is 2.32. The third-order valence-corrected chi connectivity index (χ3v) is 1.22. The summed E-state index contributed by atoms with van der Waals surface area (Å²) in [6, 6.07) is 1.24. The van der Waals surface area contributed by atoms with Gasteiger partial charge in [-0.25, -0.2) is 0 Å². The number of amides is 1. The first kappa shape index (κ1) is 9.24. The van der Waals surface area contributed by atoms with Gasteiger partial charge in [0.15, 0.2) is 0 Å². The summed E-state index contributed by atoms with van der Waals surface area (Å²) >= 11 is 0. The van der Waals surface area contributed by atoms with Gasteiger partial charge in [-0.3, -0.25) is 14.6 Å². The number of methoxy groups -OCH3 is 1. The molecule has 0 aliphatic carbocycles. The maximum Gasteiger partial charge on any atom is 0.298 e. The Labute approximate surface area is 74.0 Å². The van der Waals surface area contributed by atoms with Crippen molar-refractivity contribution in [3.8, 4) is 6.01 Å². The number of hydrogen-bond acceptors (Lipinski definition) is 4. The Balaban J connectivity index is 3.01. The van der Waals surface area contributed by atoms with Crippen LogP contribution in [0.4, 0.5) is 5.82 Å². The van der Waals surface area contributed by atoms with E-state index in [1.807, 2.05) is 0 Å². The van der Waals surface area contributed by atoms with Gasteiger partial charge in [-0.15, -0.1) is 0 Å². The van der Waals surface area contributed by atoms with Crippen LogP contribution in [0.15, 0.2) is 10.9 Å². The third-order valence-electron chi connectivity index (χ3n) is 1.22. The molecule has 70 valence electrons. The molecule has 0 aliphatic heterocycles. The quantitative estimate of drug-likeness (QED) is 0.661. The number of nitrogens with zero attached hydrogens (tertiary/aromatic N) is 1. The minimum absolute atomic E-state index is 0.0660. The first-order valence-corrected chi connectivity index (χ1v) is 3.55. The van der Waals surface area contributed by atoms with Crippen molar-refractivity contribution in [2.24, 2.45) is 0 Å². The molecule has 1 heterocycles. The van der Waals surface area contributed by atoms with Gasteiger partial charge in [0.25, 0.3) is 11.6 Å². The molecular formula is C7H9N3O3. The maximum atomic E-state index is 10.9. The van der Waals surface area contributed by atoms with E-state index in [2.05, 4.69) is 15.3 Å². The van der Waals surface area contributed by atoms with Gasteiger partial charge in [0.2, 0.25) is 5.91 Å². The predicted molar refractivity (Wildman–Crippen MR) is 45.7 cm³/mol. The summed E-state index contributed by atoms with van der Waals surface area (Å²) in [6.45, 7) is 1.33. The fraction of sp³-hybridized carbons (Fsp3) is 0.286. The highest BCUT2D eigenvalue weighted by Crippen LogP contribution is 2.02. The Morgan fingerprint density at radius 3 is 2.92 bits per heavy atom. The van der Waals surface area contributed by atoms with Crippen molar-refractivity contribution in [1.82, 2.24) is 9.97 Å². The first-order valence-electron chi connectivity index (χ1n) is 3.55. The molecule has 2 N–H and O–H groups in total. The molecule has 0 saturated heterocycles. The van der Waals surface area contributed by atoms with Gasteiger partial charge in [-0.2, -0.15) is 4.98 Å². The van der Waals surface area contributed by atoms with Crippen LogP contribution in [0.3, 0.4) is 0 Å². The minimum Gasteiger partial charge on any atom is -0.468 e. The molecule has 0 aromatic carbocycles. The van der Waals surface area contributed by atoms with Crippen molar-refractivity contribution in [2.45, 2.75) is 6.92 Å². The van der Waals surface area contributed by atoms with Crippen LogP contribution in [0.25, 0.3) is 0 Å². The Hall–Kier alpha value is -1.85. The van der Waals surface area contributed by atoms with E-state index in [-0.39, 0.29) is 23.3 Å². The molecule has 1 rings (SSSR count). The van der Waals surface area contributed by atoms with Crippen LogP contribution < -0.4 is 15.6 Å². The summed E-state index contributed by atoms with van der Waals surface area (Å²) in [6.07, 6.45) is 0. The largest absolute Gasteiger partial charge is 0.468 e. The Kier molecular flexibility index (Phi) is 2.63. The van der Waals surface area contributed by atoms with Gasteiger partial charge < -0.3 is 10.1 Å². The molecule has 0 radical (unpaired) electrons. The molecule has 0 spiro atoms. The van der Waals surface area contributed by atoms with E-state index in [1.165, 1.54) is 20.1 Å². The normalized spacial score (nSPS) is 9.38. The Bertz CT molecular complexity index is 371. The summed E-state index contributed by atoms with van der Waals surface area (Å²) in [7, 11) is 1.37. The lowest BCUT2D eigenvalue weighted by Gasteiger charge is -2.01. The van der Waals surface area contributed by atoms with E-state index >= 15 is 0 Å². The highest BCUT2D eigenvalue weighted by Gasteiger charge is 2.01. The Morgan fingerprint density at radius 2 is 2.38 bits per heavy atom. The number of nitrogens with one attached hydrogen (secondary N) is 2. The van der Waals surface area contributed by atoms with E-state index in [1.54, 1.807) is 0 Å². The topological polar surface area (TPSA) is 84.1 Å². The van der Waals surface area contributed by atoms with Gasteiger partial charge in [-0.05, 0) is 0 Å². The number of ether oxygens (including phenoxy) is 1. The number of aromatic amines is 1. The molecule has 0 bridgehead atoms. The van der Waals surface area contributed by atoms with Crippen molar-refractivity contribution in [3.63, 3.8) is 0 Å². The number of aromatic nitrogens is 2. The van der Waals surface area contributed by atoms with Gasteiger partial charge in [-0.1, -0.05) is 0 Å². The van der Waals surface area contributed by atoms with Gasteiger partial charge in [0.05, 0.1) is 7.11 Å². The lowest BCUT2D eigenvalue weighted by atomic mass is 10.5. The standard InChI is InChI=1S/C7H9N3O3/c1-4(11)8-5-3-6(12)10-7(9-5)13-2/h3H,1-2H3,(H2,8,9,10,11,12). The molecule has 6 heteroatoms. The zero-order valence-corrected chi connectivity index (χ0v) is 7.25. The van der Waals surface area contributed by atoms with Crippen molar-refractivity contribution < 1.29 is 9.53 Å². The van der Waals surface area contributed by atoms with Gasteiger partial charge >= 0.3 is 0 Å². The molecule has 0 saturated carbocycles. The fourth-order valence-electron chi connectivity index (χ4n) is 0.776. The van der Waals surface area contributed by atoms with Crippen LogP contribution in [0.1, 0.15) is 6.92 Å². The van der Waals surface area contributed by atoms with Crippen molar-refractivity contribution >= 4 is 11.7 Å². The number of anilines is 1. The molecule has 13 heavy (non-hydrogen) atoms. The molecule has 0 fully saturated rings. The highest BCUT2D eigenvalue weighted by atomic mass is 16.5. The van der Waals surface area contributed by atoms with Crippen molar-refractivity contribution in [2.75, 3.05) is 12.4 Å². The SMILES string of the molecule is COc1nc(NC(C)=O)cc(=O)[nH]1. The molecule has 0 atom stereocenters. The van der Waals surface area contributed by atoms with Crippen LogP contribution >= 0.6 is 0 Å². The first-order chi connectivity index (χ1) is 6.11. The van der Waals surface area contributed by atoms with Crippen LogP contribution in [0.2, 0.25) is 0 Å². The van der Waals surface area contributed by atoms with Crippen LogP contribution in [-0.4, -0.2) is 23.0 Å². The average molecular weight is 183 g/mol. The number of carbonyl (C=O) groups is 1. The predicted octanol–water partition coefficient (Wildman–Crippen LogP) is -0.263. The van der Waals surface area contributed by atoms with E-state index < -0.39 is 0 Å². The second-order valence-corrected chi connectivity index (χ2v) is 2.32. The van der Waals surface area contributed by atoms with E-state index in [4.69, 9.17) is 4.74 Å². The number of rotatable bonds is 2. The molecule has 0 aliphatic rings. The lowest BCUT2D eigenvalue weighted by Crippen LogP contribution is -2.14. The monoisotopic (exact) mass is 183 g/mol. The summed E-state index contributed by atoms with van der Waals surface area (Å²) in [5.74, 6) is -0.117. The van der Waals surface area contributed by atoms with Gasteiger partial charge in [0.1, 0.15) is 5.82 Å². The zero-order chi connectivity index (χ0) is 9.84. The number of hydrogen-bond donors (Lipinski definition) is 2. The molecule has 0 unspecified atom stereocenters. The van der Waals surface area contributed by atoms with Gasteiger partial charge in [0, 0.05) is 13.0 Å². The van der Waals surface area contributed by atoms with Crippen LogP contribution in [-0.2, 0) is 4.79 Å². The third kappa shape index (κ3) is 2.58. The number of H-pyrrole nitrogens is 1. The fourth-order valence-corrected chi connectivity index (χ4v) is 0.776. The smallest absolute Gasteiger partial charge is 0.298 e. The lowest BCUT2D eigenvalue weighted by molar-refractivity contribution is -0.114. The van der Waals surface area contributed by atoms with E-state index in [0.29, 0.717) is 0 Å². The summed E-state index contributed by atoms with van der Waals surface area (Å²) in [5.41, 5.74) is -0.379. The second kappa shape index (κ2) is 3.70. The van der Waals surface area contributed by atoms with Crippen molar-refractivity contribution in [1.29, 1.82) is 0 Å². The molecule has 1 aromatic heterocycles. The zero-order valence-electron chi connectivity index (χ0n) is 7.25. The van der Waals surface area contributed by atoms with Crippen LogP contribution in [0.5, 0.6) is 6.01 Å².